The van der Waals surface area contributed by atoms with Gasteiger partial charge in [0.05, 0.1) is 5.56 Å². The number of fused-ring (bicyclic) bond motifs is 4. The summed E-state index contributed by atoms with van der Waals surface area (Å²) in [6, 6.07) is 5.62. The first-order valence-electron chi connectivity index (χ1n) is 16.2. The molecule has 1 aromatic rings. The highest BCUT2D eigenvalue weighted by atomic mass is 127. The topological polar surface area (TPSA) is 78.9 Å². The van der Waals surface area contributed by atoms with E-state index in [1.807, 2.05) is 18.2 Å². The summed E-state index contributed by atoms with van der Waals surface area (Å²) in [4.78, 5) is 39.5. The normalized spacial score (nSPS) is 34.0. The van der Waals surface area contributed by atoms with Crippen LogP contribution in [0.4, 0.5) is 0 Å². The van der Waals surface area contributed by atoms with Crippen LogP contribution in [0.1, 0.15) is 128 Å². The summed E-state index contributed by atoms with van der Waals surface area (Å²) in [6.07, 6.45) is 9.95. The third-order valence-corrected chi connectivity index (χ3v) is 13.6. The molecular formula is C36H49IO6. The van der Waals surface area contributed by atoms with Gasteiger partial charge in [0.15, 0.2) is 0 Å². The molecule has 4 fully saturated rings. The van der Waals surface area contributed by atoms with E-state index in [1.54, 1.807) is 0 Å². The molecule has 0 heterocycles. The van der Waals surface area contributed by atoms with Crippen molar-refractivity contribution in [3.8, 4) is 0 Å². The fraction of sp³-hybridized carbons (Fsp3) is 0.694. The lowest BCUT2D eigenvalue weighted by atomic mass is 9.70. The predicted molar refractivity (Wildman–Crippen MR) is 174 cm³/mol. The first-order chi connectivity index (χ1) is 20.1. The summed E-state index contributed by atoms with van der Waals surface area (Å²) in [5.74, 6) is -0.394. The van der Waals surface area contributed by atoms with E-state index < -0.39 is 18.0 Å². The zero-order valence-electron chi connectivity index (χ0n) is 27.0. The van der Waals surface area contributed by atoms with E-state index >= 15 is 0 Å². The number of carbonyl (C=O) groups excluding carboxylic acids is 3. The Morgan fingerprint density at radius 2 is 1.44 bits per heavy atom. The summed E-state index contributed by atoms with van der Waals surface area (Å²) in [6.45, 7) is 15.7. The molecule has 0 aromatic heterocycles. The number of hydrogen-bond acceptors (Lipinski definition) is 6. The third kappa shape index (κ3) is 5.58. The summed E-state index contributed by atoms with van der Waals surface area (Å²) < 4.78 is 18.9. The van der Waals surface area contributed by atoms with Crippen molar-refractivity contribution >= 4 is 40.5 Å². The lowest BCUT2D eigenvalue weighted by molar-refractivity contribution is -0.151. The number of hydrogen-bond donors (Lipinski definition) is 0. The van der Waals surface area contributed by atoms with Crippen LogP contribution < -0.4 is 0 Å². The standard InChI is InChI=1S/C36H49IO6/c1-8-9-10-27(41-30(38)13-14-31(39)42-28-19-22-15-17-35(28,6)33(22,2)3)25-12-11-24(37)21-26(25)32(40)43-29-20-23-16-18-36(29,7)34(23,4)5/h11-14,21-23,27-29H,8-10,15-20H2,1-7H3/b14-13+/t22-,23-,27?,28+,29+,35+,36+/m0/s1. The number of benzene rings is 1. The van der Waals surface area contributed by atoms with Crippen LogP contribution in [0.5, 0.6) is 0 Å². The van der Waals surface area contributed by atoms with Gasteiger partial charge in [0.1, 0.15) is 18.3 Å². The molecule has 0 radical (unpaired) electrons. The minimum atomic E-state index is -0.634. The number of rotatable bonds is 10. The first kappa shape index (κ1) is 32.5. The summed E-state index contributed by atoms with van der Waals surface area (Å²) >= 11 is 2.20. The van der Waals surface area contributed by atoms with Crippen LogP contribution in [0, 0.1) is 37.1 Å². The van der Waals surface area contributed by atoms with E-state index in [0.29, 0.717) is 29.4 Å². The Labute approximate surface area is 271 Å². The number of halogens is 1. The minimum Gasteiger partial charge on any atom is -0.459 e. The van der Waals surface area contributed by atoms with E-state index in [-0.39, 0.29) is 39.8 Å². The van der Waals surface area contributed by atoms with Gasteiger partial charge in [-0.1, -0.05) is 61.0 Å². The smallest absolute Gasteiger partial charge is 0.338 e. The van der Waals surface area contributed by atoms with Gasteiger partial charge in [0.25, 0.3) is 0 Å². The van der Waals surface area contributed by atoms with Gasteiger partial charge in [-0.2, -0.15) is 0 Å². The van der Waals surface area contributed by atoms with Crippen LogP contribution in [0.3, 0.4) is 0 Å². The molecule has 7 atom stereocenters. The first-order valence-corrected chi connectivity index (χ1v) is 17.3. The van der Waals surface area contributed by atoms with Crippen molar-refractivity contribution < 1.29 is 28.6 Å². The lowest BCUT2D eigenvalue weighted by Crippen LogP contribution is -2.38. The molecule has 4 bridgehead atoms. The van der Waals surface area contributed by atoms with Crippen molar-refractivity contribution in [3.05, 3.63) is 45.0 Å². The Bertz CT molecular complexity index is 1300. The van der Waals surface area contributed by atoms with E-state index in [0.717, 1.165) is 48.2 Å². The molecule has 5 rings (SSSR count). The number of ether oxygens (including phenoxy) is 3. The second kappa shape index (κ2) is 11.8. The van der Waals surface area contributed by atoms with E-state index in [9.17, 15) is 14.4 Å². The quantitative estimate of drug-likeness (QED) is 0.105. The fourth-order valence-electron chi connectivity index (χ4n) is 8.96. The maximum absolute atomic E-state index is 13.7. The lowest BCUT2D eigenvalue weighted by Gasteiger charge is -2.38. The van der Waals surface area contributed by atoms with Gasteiger partial charge in [-0.3, -0.25) is 0 Å². The van der Waals surface area contributed by atoms with Crippen molar-refractivity contribution in [2.75, 3.05) is 0 Å². The van der Waals surface area contributed by atoms with Gasteiger partial charge in [-0.25, -0.2) is 14.4 Å². The molecule has 7 heteroatoms. The Morgan fingerprint density at radius 3 is 1.95 bits per heavy atom. The molecule has 1 unspecified atom stereocenters. The summed E-state index contributed by atoms with van der Waals surface area (Å²) in [5.41, 5.74) is 1.25. The zero-order valence-corrected chi connectivity index (χ0v) is 29.1. The molecule has 0 spiro atoms. The highest BCUT2D eigenvalue weighted by Gasteiger charge is 2.64. The second-order valence-electron chi connectivity index (χ2n) is 15.2. The van der Waals surface area contributed by atoms with Gasteiger partial charge in [0, 0.05) is 32.1 Å². The minimum absolute atomic E-state index is 0.0475. The monoisotopic (exact) mass is 704 g/mol. The van der Waals surface area contributed by atoms with Crippen LogP contribution in [0.15, 0.2) is 30.4 Å². The SMILES string of the molecule is CCCCC(OC(=O)/C=C/C(=O)O[C@@H]1C[C@@H]2CC[C@@]1(C)C2(C)C)c1ccc(I)cc1C(=O)O[C@@H]1C[C@@H]2CC[C@@]1(C)C2(C)C. The molecule has 0 saturated heterocycles. The van der Waals surface area contributed by atoms with Gasteiger partial charge in [-0.15, -0.1) is 0 Å². The van der Waals surface area contributed by atoms with Crippen molar-refractivity contribution in [2.45, 2.75) is 125 Å². The van der Waals surface area contributed by atoms with Gasteiger partial charge >= 0.3 is 17.9 Å². The summed E-state index contributed by atoms with van der Waals surface area (Å²) in [5, 5.41) is 0. The van der Waals surface area contributed by atoms with Crippen molar-refractivity contribution in [1.29, 1.82) is 0 Å². The largest absolute Gasteiger partial charge is 0.459 e. The molecule has 0 amide bonds. The van der Waals surface area contributed by atoms with Gasteiger partial charge in [-0.05, 0) is 109 Å². The van der Waals surface area contributed by atoms with Crippen LogP contribution in [0.25, 0.3) is 0 Å². The molecule has 4 aliphatic carbocycles. The Hall–Kier alpha value is -1.90. The Morgan fingerprint density at radius 1 is 0.884 bits per heavy atom. The maximum atomic E-state index is 13.7. The van der Waals surface area contributed by atoms with E-state index in [4.69, 9.17) is 14.2 Å². The van der Waals surface area contributed by atoms with Crippen LogP contribution in [0.2, 0.25) is 0 Å². The summed E-state index contributed by atoms with van der Waals surface area (Å²) in [7, 11) is 0. The molecule has 4 saturated carbocycles. The highest BCUT2D eigenvalue weighted by Crippen LogP contribution is 2.67. The van der Waals surface area contributed by atoms with E-state index in [1.165, 1.54) is 18.9 Å². The van der Waals surface area contributed by atoms with Crippen molar-refractivity contribution in [1.82, 2.24) is 0 Å². The fourth-order valence-corrected chi connectivity index (χ4v) is 9.45. The average molecular weight is 705 g/mol. The van der Waals surface area contributed by atoms with Gasteiger partial charge < -0.3 is 14.2 Å². The molecular weight excluding hydrogens is 655 g/mol. The molecule has 6 nitrogen and oxygen atoms in total. The molecule has 4 aliphatic rings. The van der Waals surface area contributed by atoms with Crippen LogP contribution >= 0.6 is 22.6 Å². The van der Waals surface area contributed by atoms with Crippen LogP contribution in [-0.4, -0.2) is 30.1 Å². The number of carbonyl (C=O) groups is 3. The second-order valence-corrected chi connectivity index (χ2v) is 16.4. The van der Waals surface area contributed by atoms with Crippen molar-refractivity contribution in [3.63, 3.8) is 0 Å². The zero-order chi connectivity index (χ0) is 31.4. The molecule has 1 aromatic carbocycles. The van der Waals surface area contributed by atoms with Gasteiger partial charge in [0.2, 0.25) is 0 Å². The number of unbranched alkanes of at least 4 members (excludes halogenated alkanes) is 1. The Balaban J connectivity index is 1.28. The molecule has 43 heavy (non-hydrogen) atoms. The number of esters is 3. The molecule has 0 N–H and O–H groups in total. The molecule has 236 valence electrons. The third-order valence-electron chi connectivity index (χ3n) is 13.0. The van der Waals surface area contributed by atoms with Crippen molar-refractivity contribution in [2.24, 2.45) is 33.5 Å². The Kier molecular flexibility index (Phi) is 8.91. The highest BCUT2D eigenvalue weighted by molar-refractivity contribution is 14.1. The average Bonchev–Trinajstić information content (AvgIpc) is 3.46. The van der Waals surface area contributed by atoms with E-state index in [2.05, 4.69) is 71.1 Å². The molecule has 0 aliphatic heterocycles. The van der Waals surface area contributed by atoms with Crippen LogP contribution in [-0.2, 0) is 23.8 Å². The predicted octanol–water partition coefficient (Wildman–Crippen LogP) is 8.75. The maximum Gasteiger partial charge on any atom is 0.338 e.